The van der Waals surface area contributed by atoms with Gasteiger partial charge in [-0.25, -0.2) is 4.39 Å². The van der Waals surface area contributed by atoms with Crippen molar-refractivity contribution in [3.63, 3.8) is 0 Å². The van der Waals surface area contributed by atoms with E-state index in [1.54, 1.807) is 12.1 Å². The second-order valence-corrected chi connectivity index (χ2v) is 8.65. The van der Waals surface area contributed by atoms with Crippen LogP contribution in [0.15, 0.2) is 42.5 Å². The van der Waals surface area contributed by atoms with Crippen LogP contribution in [0.3, 0.4) is 0 Å². The van der Waals surface area contributed by atoms with Gasteiger partial charge in [0.25, 0.3) is 0 Å². The fraction of sp³-hybridized carbons (Fsp3) is 0.458. The van der Waals surface area contributed by atoms with Crippen molar-refractivity contribution in [2.45, 2.75) is 44.9 Å². The average Bonchev–Trinajstić information content (AvgIpc) is 2.77. The lowest BCUT2D eigenvalue weighted by atomic mass is 9.82. The number of anilines is 2. The number of nitrogens with one attached hydrogen (secondary N) is 1. The summed E-state index contributed by atoms with van der Waals surface area (Å²) in [6.45, 7) is 5.61. The quantitative estimate of drug-likeness (QED) is 0.692. The first kappa shape index (κ1) is 22.4. The van der Waals surface area contributed by atoms with Crippen LogP contribution in [0.5, 0.6) is 0 Å². The number of fused-ring (bicyclic) bond motifs is 3. The Kier molecular flexibility index (Phi) is 6.05. The first-order valence-electron chi connectivity index (χ1n) is 10.9. The third-order valence-electron chi connectivity index (χ3n) is 6.57. The van der Waals surface area contributed by atoms with E-state index in [9.17, 15) is 22.4 Å². The van der Waals surface area contributed by atoms with Crippen LogP contribution in [-0.4, -0.2) is 37.6 Å². The highest BCUT2D eigenvalue weighted by Crippen LogP contribution is 2.40. The molecule has 2 aromatic carbocycles. The zero-order valence-corrected chi connectivity index (χ0v) is 18.1. The van der Waals surface area contributed by atoms with Crippen LogP contribution in [0, 0.1) is 11.7 Å². The van der Waals surface area contributed by atoms with Crippen molar-refractivity contribution in [2.75, 3.05) is 29.4 Å². The number of hydrogen-bond acceptors (Lipinski definition) is 3. The number of piperazine rings is 1. The Morgan fingerprint density at radius 2 is 1.88 bits per heavy atom. The maximum absolute atomic E-state index is 13.4. The van der Waals surface area contributed by atoms with Crippen molar-refractivity contribution in [3.8, 4) is 0 Å². The summed E-state index contributed by atoms with van der Waals surface area (Å²) in [6, 6.07) is 9.85. The van der Waals surface area contributed by atoms with E-state index in [0.29, 0.717) is 25.2 Å². The number of hydrogen-bond donors (Lipinski definition) is 1. The van der Waals surface area contributed by atoms with E-state index in [2.05, 4.69) is 15.1 Å². The second kappa shape index (κ2) is 8.64. The minimum atomic E-state index is -4.43. The summed E-state index contributed by atoms with van der Waals surface area (Å²) < 4.78 is 53.3. The van der Waals surface area contributed by atoms with Crippen molar-refractivity contribution >= 4 is 17.3 Å². The van der Waals surface area contributed by atoms with Crippen LogP contribution < -0.4 is 15.1 Å². The Balaban J connectivity index is 1.67. The van der Waals surface area contributed by atoms with E-state index >= 15 is 0 Å². The van der Waals surface area contributed by atoms with Crippen LogP contribution in [0.2, 0.25) is 0 Å². The maximum Gasteiger partial charge on any atom is 0.416 e. The zero-order valence-electron chi connectivity index (χ0n) is 18.1. The molecule has 32 heavy (non-hydrogen) atoms. The Morgan fingerprint density at radius 1 is 1.16 bits per heavy atom. The molecule has 8 heteroatoms. The summed E-state index contributed by atoms with van der Waals surface area (Å²) in [6.07, 6.45) is -3.41. The van der Waals surface area contributed by atoms with Gasteiger partial charge in [-0.1, -0.05) is 6.92 Å². The van der Waals surface area contributed by atoms with Crippen molar-refractivity contribution in [1.29, 1.82) is 0 Å². The van der Waals surface area contributed by atoms with Gasteiger partial charge in [-0.15, -0.1) is 0 Å². The van der Waals surface area contributed by atoms with E-state index in [0.717, 1.165) is 23.9 Å². The number of carbonyl (C=O) groups is 1. The highest BCUT2D eigenvalue weighted by molar-refractivity contribution is 5.82. The van der Waals surface area contributed by atoms with Gasteiger partial charge >= 0.3 is 6.18 Å². The van der Waals surface area contributed by atoms with Gasteiger partial charge in [-0.2, -0.15) is 13.2 Å². The van der Waals surface area contributed by atoms with Gasteiger partial charge in [-0.3, -0.25) is 4.79 Å². The fourth-order valence-corrected chi connectivity index (χ4v) is 4.64. The molecule has 1 fully saturated rings. The highest BCUT2D eigenvalue weighted by Gasteiger charge is 2.43. The number of carbonyl (C=O) groups excluding carboxylic acids is 1. The van der Waals surface area contributed by atoms with Crippen molar-refractivity contribution in [3.05, 3.63) is 59.4 Å². The lowest BCUT2D eigenvalue weighted by molar-refractivity contribution is -0.137. The Morgan fingerprint density at radius 3 is 2.53 bits per heavy atom. The molecule has 2 heterocycles. The van der Waals surface area contributed by atoms with E-state index in [-0.39, 0.29) is 30.2 Å². The SMILES string of the molecule is CCC(C)NC(=O)C1Cc2cc(C(F)(F)F)ccc2N2CCN(c3ccc(F)cc3)CC12. The van der Waals surface area contributed by atoms with Crippen LogP contribution in [-0.2, 0) is 17.4 Å². The van der Waals surface area contributed by atoms with Gasteiger partial charge in [0.15, 0.2) is 0 Å². The summed E-state index contributed by atoms with van der Waals surface area (Å²) in [5.41, 5.74) is 1.48. The molecular weight excluding hydrogens is 422 g/mol. The number of amides is 1. The molecule has 1 amide bonds. The molecule has 2 aliphatic heterocycles. The first-order valence-corrected chi connectivity index (χ1v) is 10.9. The van der Waals surface area contributed by atoms with Gasteiger partial charge in [0, 0.05) is 37.1 Å². The first-order chi connectivity index (χ1) is 15.2. The number of nitrogens with zero attached hydrogens (tertiary/aromatic N) is 2. The zero-order chi connectivity index (χ0) is 23.0. The molecule has 3 unspecified atom stereocenters. The van der Waals surface area contributed by atoms with Crippen LogP contribution >= 0.6 is 0 Å². The molecule has 1 N–H and O–H groups in total. The molecule has 0 bridgehead atoms. The lowest BCUT2D eigenvalue weighted by Crippen LogP contribution is -2.61. The fourth-order valence-electron chi connectivity index (χ4n) is 4.64. The van der Waals surface area contributed by atoms with E-state index in [1.165, 1.54) is 24.3 Å². The summed E-state index contributed by atoms with van der Waals surface area (Å²) in [7, 11) is 0. The molecule has 2 aliphatic rings. The average molecular weight is 449 g/mol. The largest absolute Gasteiger partial charge is 0.416 e. The minimum absolute atomic E-state index is 0.0179. The molecule has 3 atom stereocenters. The summed E-state index contributed by atoms with van der Waals surface area (Å²) >= 11 is 0. The van der Waals surface area contributed by atoms with E-state index in [1.807, 2.05) is 13.8 Å². The van der Waals surface area contributed by atoms with Crippen LogP contribution in [0.4, 0.5) is 28.9 Å². The molecule has 0 spiro atoms. The molecule has 1 saturated heterocycles. The maximum atomic E-state index is 13.4. The van der Waals surface area contributed by atoms with Gasteiger partial charge in [0.05, 0.1) is 17.5 Å². The summed E-state index contributed by atoms with van der Waals surface area (Å²) in [5, 5.41) is 3.01. The molecule has 0 aliphatic carbocycles. The van der Waals surface area contributed by atoms with Crippen molar-refractivity contribution in [1.82, 2.24) is 5.32 Å². The monoisotopic (exact) mass is 449 g/mol. The predicted octanol–water partition coefficient (Wildman–Crippen LogP) is 4.63. The van der Waals surface area contributed by atoms with Crippen molar-refractivity contribution < 1.29 is 22.4 Å². The number of alkyl halides is 3. The molecule has 4 nitrogen and oxygen atoms in total. The van der Waals surface area contributed by atoms with Gasteiger partial charge in [-0.05, 0) is 67.8 Å². The molecule has 2 aromatic rings. The normalized spacial score (nSPS) is 21.6. The Labute approximate surface area is 185 Å². The van der Waals surface area contributed by atoms with Gasteiger partial charge in [0.1, 0.15) is 5.82 Å². The molecule has 172 valence electrons. The Hall–Kier alpha value is -2.77. The standard InChI is InChI=1S/C24H27F4N3O/c1-3-15(2)29-23(32)20-13-16-12-17(24(26,27)28)4-9-21(16)31-11-10-30(14-22(20)31)19-7-5-18(25)6-8-19/h4-9,12,15,20,22H,3,10-11,13-14H2,1-2H3,(H,29,32). The second-order valence-electron chi connectivity index (χ2n) is 8.65. The topological polar surface area (TPSA) is 35.6 Å². The number of halogens is 4. The van der Waals surface area contributed by atoms with Gasteiger partial charge in [0.2, 0.25) is 5.91 Å². The van der Waals surface area contributed by atoms with Crippen LogP contribution in [0.25, 0.3) is 0 Å². The van der Waals surface area contributed by atoms with E-state index < -0.39 is 17.7 Å². The van der Waals surface area contributed by atoms with E-state index in [4.69, 9.17) is 0 Å². The molecule has 0 radical (unpaired) electrons. The summed E-state index contributed by atoms with van der Waals surface area (Å²) in [4.78, 5) is 17.4. The van der Waals surface area contributed by atoms with Crippen molar-refractivity contribution in [2.24, 2.45) is 5.92 Å². The third kappa shape index (κ3) is 4.40. The van der Waals surface area contributed by atoms with Crippen LogP contribution in [0.1, 0.15) is 31.4 Å². The smallest absolute Gasteiger partial charge is 0.368 e. The molecule has 0 saturated carbocycles. The highest BCUT2D eigenvalue weighted by atomic mass is 19.4. The van der Waals surface area contributed by atoms with Gasteiger partial charge < -0.3 is 15.1 Å². The number of benzene rings is 2. The molecule has 0 aromatic heterocycles. The third-order valence-corrected chi connectivity index (χ3v) is 6.57. The Bertz CT molecular complexity index is 976. The minimum Gasteiger partial charge on any atom is -0.368 e. The number of rotatable bonds is 4. The molecular formula is C24H27F4N3O. The molecule has 4 rings (SSSR count). The summed E-state index contributed by atoms with van der Waals surface area (Å²) in [5.74, 6) is -0.938. The predicted molar refractivity (Wildman–Crippen MR) is 116 cm³/mol. The lowest BCUT2D eigenvalue weighted by Gasteiger charge is -2.50.